The summed E-state index contributed by atoms with van der Waals surface area (Å²) in [6, 6.07) is 0. The number of unbranched alkanes of at least 4 members (excludes halogenated alkanes) is 6. The van der Waals surface area contributed by atoms with E-state index in [1.165, 1.54) is 51.4 Å². The Bertz CT molecular complexity index is 165. The largest absolute Gasteiger partial charge is 0.358 e. The van der Waals surface area contributed by atoms with E-state index in [9.17, 15) is 0 Å². The summed E-state index contributed by atoms with van der Waals surface area (Å²) in [5.74, 6) is 0. The summed E-state index contributed by atoms with van der Waals surface area (Å²) in [5.41, 5.74) is 0. The Balaban J connectivity index is 0. The third kappa shape index (κ3) is 13.0. The molecule has 107 valence electrons. The van der Waals surface area contributed by atoms with E-state index in [2.05, 4.69) is 31.4 Å². The molecule has 0 aliphatic carbocycles. The van der Waals surface area contributed by atoms with Gasteiger partial charge in [-0.05, 0) is 12.8 Å². The number of thiol groups is 1. The minimum Gasteiger partial charge on any atom is -0.358 e. The van der Waals surface area contributed by atoms with Crippen LogP contribution in [0.1, 0.15) is 65.2 Å². The van der Waals surface area contributed by atoms with Crippen LogP contribution in [0.5, 0.6) is 0 Å². The van der Waals surface area contributed by atoms with Gasteiger partial charge in [0.05, 0.1) is 0 Å². The van der Waals surface area contributed by atoms with Gasteiger partial charge in [0.15, 0.2) is 0 Å². The molecule has 0 atom stereocenters. The van der Waals surface area contributed by atoms with Gasteiger partial charge >= 0.3 is 0 Å². The van der Waals surface area contributed by atoms with E-state index in [0.717, 1.165) is 17.4 Å². The van der Waals surface area contributed by atoms with Crippen LogP contribution in [0.4, 0.5) is 0 Å². The average molecular weight is 325 g/mol. The SMILES string of the molecule is CCCCCCN(CCCCCC)C(=S)S.[Cu]. The standard InChI is InChI=1S/C13H27NS2.Cu/c1-3-5-7-9-11-14(13(15)16)12-10-8-6-4-2;/h3-12H2,1-2H3,(H,15,16);. The van der Waals surface area contributed by atoms with Crippen LogP contribution < -0.4 is 0 Å². The maximum atomic E-state index is 5.16. The molecule has 1 nitrogen and oxygen atoms in total. The maximum absolute atomic E-state index is 5.16. The van der Waals surface area contributed by atoms with Crippen molar-refractivity contribution in [2.75, 3.05) is 13.1 Å². The van der Waals surface area contributed by atoms with Gasteiger partial charge in [-0.25, -0.2) is 0 Å². The number of nitrogens with zero attached hydrogens (tertiary/aromatic N) is 1. The topological polar surface area (TPSA) is 3.24 Å². The molecule has 0 aliphatic rings. The number of hydrogen-bond acceptors (Lipinski definition) is 1. The van der Waals surface area contributed by atoms with Crippen molar-refractivity contribution in [2.24, 2.45) is 0 Å². The van der Waals surface area contributed by atoms with Crippen molar-refractivity contribution in [1.82, 2.24) is 4.90 Å². The number of rotatable bonds is 10. The second-order valence-corrected chi connectivity index (χ2v) is 5.50. The first-order valence-corrected chi connectivity index (χ1v) is 7.55. The van der Waals surface area contributed by atoms with Gasteiger partial charge in [-0.1, -0.05) is 64.6 Å². The molecule has 0 amide bonds. The number of hydrogen-bond donors (Lipinski definition) is 1. The summed E-state index contributed by atoms with van der Waals surface area (Å²) in [7, 11) is 0. The molecule has 0 saturated heterocycles. The van der Waals surface area contributed by atoms with Gasteiger partial charge < -0.3 is 4.90 Å². The third-order valence-electron chi connectivity index (χ3n) is 2.83. The molecule has 0 N–H and O–H groups in total. The maximum Gasteiger partial charge on any atom is 0.133 e. The van der Waals surface area contributed by atoms with E-state index in [1.54, 1.807) is 0 Å². The smallest absolute Gasteiger partial charge is 0.133 e. The molecule has 0 aromatic heterocycles. The van der Waals surface area contributed by atoms with Crippen LogP contribution in [0.15, 0.2) is 0 Å². The van der Waals surface area contributed by atoms with Crippen molar-refractivity contribution in [3.05, 3.63) is 0 Å². The summed E-state index contributed by atoms with van der Waals surface area (Å²) < 4.78 is 0.771. The predicted octanol–water partition coefficient (Wildman–Crippen LogP) is 4.66. The van der Waals surface area contributed by atoms with Gasteiger partial charge in [0.2, 0.25) is 0 Å². The molecule has 0 fully saturated rings. The molecular formula is C13H27CuNS2. The van der Waals surface area contributed by atoms with Crippen LogP contribution in [-0.4, -0.2) is 22.3 Å². The second-order valence-electron chi connectivity index (χ2n) is 4.39. The summed E-state index contributed by atoms with van der Waals surface area (Å²) in [6.07, 6.45) is 10.4. The number of thiocarbonyl (C=S) groups is 1. The minimum absolute atomic E-state index is 0. The fraction of sp³-hybridized carbons (Fsp3) is 0.923. The fourth-order valence-corrected chi connectivity index (χ4v) is 2.14. The molecule has 0 heterocycles. The Morgan fingerprint density at radius 2 is 1.29 bits per heavy atom. The van der Waals surface area contributed by atoms with E-state index in [1.807, 2.05) is 0 Å². The summed E-state index contributed by atoms with van der Waals surface area (Å²) in [5, 5.41) is 0. The summed E-state index contributed by atoms with van der Waals surface area (Å²) in [4.78, 5) is 2.25. The molecule has 0 rings (SSSR count). The quantitative estimate of drug-likeness (QED) is 0.269. The minimum atomic E-state index is 0. The zero-order valence-corrected chi connectivity index (χ0v) is 13.8. The van der Waals surface area contributed by atoms with Crippen molar-refractivity contribution in [1.29, 1.82) is 0 Å². The van der Waals surface area contributed by atoms with E-state index < -0.39 is 0 Å². The summed E-state index contributed by atoms with van der Waals surface area (Å²) in [6.45, 7) is 6.67. The van der Waals surface area contributed by atoms with Crippen LogP contribution in [0.25, 0.3) is 0 Å². The van der Waals surface area contributed by atoms with Crippen molar-refractivity contribution in [2.45, 2.75) is 65.2 Å². The van der Waals surface area contributed by atoms with Crippen molar-refractivity contribution >= 4 is 29.2 Å². The van der Waals surface area contributed by atoms with E-state index in [0.29, 0.717) is 0 Å². The molecule has 1 radical (unpaired) electrons. The zero-order chi connectivity index (χ0) is 12.2. The molecule has 0 saturated carbocycles. The molecule has 0 aromatic carbocycles. The Kier molecular flexibility index (Phi) is 17.5. The van der Waals surface area contributed by atoms with Crippen molar-refractivity contribution in [3.8, 4) is 0 Å². The Morgan fingerprint density at radius 3 is 1.59 bits per heavy atom. The van der Waals surface area contributed by atoms with Crippen LogP contribution in [0.3, 0.4) is 0 Å². The average Bonchev–Trinajstić information content (AvgIpc) is 2.26. The normalized spacial score (nSPS) is 9.82. The Labute approximate surface area is 129 Å². The van der Waals surface area contributed by atoms with Crippen molar-refractivity contribution < 1.29 is 17.1 Å². The van der Waals surface area contributed by atoms with Gasteiger partial charge in [0.25, 0.3) is 0 Å². The Hall–Kier alpha value is 0.759. The van der Waals surface area contributed by atoms with E-state index in [-0.39, 0.29) is 17.1 Å². The monoisotopic (exact) mass is 324 g/mol. The van der Waals surface area contributed by atoms with Gasteiger partial charge in [0, 0.05) is 30.2 Å². The molecule has 17 heavy (non-hydrogen) atoms. The van der Waals surface area contributed by atoms with Crippen LogP contribution in [0, 0.1) is 0 Å². The first kappa shape index (κ1) is 20.1. The van der Waals surface area contributed by atoms with Gasteiger partial charge in [-0.3, -0.25) is 0 Å². The molecule has 0 aromatic rings. The van der Waals surface area contributed by atoms with Crippen LogP contribution >= 0.6 is 24.8 Å². The molecule has 4 heteroatoms. The Morgan fingerprint density at radius 1 is 0.882 bits per heavy atom. The molecule has 0 spiro atoms. The molecule has 0 bridgehead atoms. The first-order valence-electron chi connectivity index (χ1n) is 6.70. The molecule has 0 aliphatic heterocycles. The van der Waals surface area contributed by atoms with Gasteiger partial charge in [-0.15, -0.1) is 12.6 Å². The van der Waals surface area contributed by atoms with Crippen molar-refractivity contribution in [3.63, 3.8) is 0 Å². The molecular weight excluding hydrogens is 298 g/mol. The van der Waals surface area contributed by atoms with E-state index >= 15 is 0 Å². The predicted molar refractivity (Wildman–Crippen MR) is 81.4 cm³/mol. The molecule has 0 unspecified atom stereocenters. The first-order chi connectivity index (χ1) is 7.72. The second kappa shape index (κ2) is 14.8. The third-order valence-corrected chi connectivity index (χ3v) is 3.37. The zero-order valence-electron chi connectivity index (χ0n) is 11.2. The van der Waals surface area contributed by atoms with Gasteiger partial charge in [-0.2, -0.15) is 0 Å². The fourth-order valence-electron chi connectivity index (χ4n) is 1.76. The van der Waals surface area contributed by atoms with E-state index in [4.69, 9.17) is 12.2 Å². The van der Waals surface area contributed by atoms with Gasteiger partial charge in [0.1, 0.15) is 4.32 Å². The summed E-state index contributed by atoms with van der Waals surface area (Å²) >= 11 is 9.46. The van der Waals surface area contributed by atoms with Crippen LogP contribution in [-0.2, 0) is 17.1 Å². The van der Waals surface area contributed by atoms with Crippen LogP contribution in [0.2, 0.25) is 0 Å².